The summed E-state index contributed by atoms with van der Waals surface area (Å²) >= 11 is 0. The van der Waals surface area contributed by atoms with E-state index in [1.165, 1.54) is 44.9 Å². The van der Waals surface area contributed by atoms with Crippen LogP contribution >= 0.6 is 0 Å². The fraction of sp³-hybridized carbons (Fsp3) is 0.905. The second-order valence-electron chi connectivity index (χ2n) is 15.5. The zero-order valence-electron chi connectivity index (χ0n) is 34.6. The highest BCUT2D eigenvalue weighted by Gasteiger charge is 2.47. The van der Waals surface area contributed by atoms with Crippen LogP contribution in [-0.2, 0) is 38.0 Å². The Labute approximate surface area is 340 Å². The van der Waals surface area contributed by atoms with Gasteiger partial charge in [-0.25, -0.2) is 0 Å². The standard InChI is InChI=1S/C42H76O15/c1-3-5-7-9-11-12-13-14-15-16-17-19-21-23-25-34(45)55-30(27-52-33(44)24-22-20-18-10-8-6-4-2)28-53-41-40(51)38(49)36(47)32(57-41)29-54-42-39(50)37(48)35(46)31(26-43)56-42/h13-14,30-32,35-43,46-51H,3-12,15-29H2,1-2H3/b14-13-. The van der Waals surface area contributed by atoms with Crippen molar-refractivity contribution in [3.63, 3.8) is 0 Å². The maximum absolute atomic E-state index is 12.9. The van der Waals surface area contributed by atoms with Gasteiger partial charge in [0, 0.05) is 12.8 Å². The number of unbranched alkanes of at least 4 members (excludes halogenated alkanes) is 16. The van der Waals surface area contributed by atoms with Crippen molar-refractivity contribution in [2.24, 2.45) is 0 Å². The molecule has 0 aromatic heterocycles. The average molecular weight is 821 g/mol. The molecule has 11 unspecified atom stereocenters. The molecule has 0 bridgehead atoms. The molecule has 0 radical (unpaired) electrons. The van der Waals surface area contributed by atoms with E-state index in [0.29, 0.717) is 12.8 Å². The first-order valence-electron chi connectivity index (χ1n) is 21.8. The minimum Gasteiger partial charge on any atom is -0.462 e. The molecule has 2 aliphatic rings. The molecule has 2 heterocycles. The van der Waals surface area contributed by atoms with Crippen LogP contribution in [0.1, 0.15) is 149 Å². The summed E-state index contributed by atoms with van der Waals surface area (Å²) in [4.78, 5) is 25.4. The second-order valence-corrected chi connectivity index (χ2v) is 15.5. The summed E-state index contributed by atoms with van der Waals surface area (Å²) in [6, 6.07) is 0. The summed E-state index contributed by atoms with van der Waals surface area (Å²) in [6.45, 7) is 2.49. The molecular weight excluding hydrogens is 744 g/mol. The first-order valence-corrected chi connectivity index (χ1v) is 21.8. The fourth-order valence-electron chi connectivity index (χ4n) is 6.80. The van der Waals surface area contributed by atoms with Gasteiger partial charge >= 0.3 is 11.9 Å². The summed E-state index contributed by atoms with van der Waals surface area (Å²) < 4.78 is 33.3. The minimum absolute atomic E-state index is 0.158. The Balaban J connectivity index is 1.86. The van der Waals surface area contributed by atoms with Gasteiger partial charge in [-0.2, -0.15) is 0 Å². The smallest absolute Gasteiger partial charge is 0.306 e. The number of rotatable bonds is 32. The quantitative estimate of drug-likeness (QED) is 0.0290. The van der Waals surface area contributed by atoms with Crippen LogP contribution in [0.15, 0.2) is 12.2 Å². The summed E-state index contributed by atoms with van der Waals surface area (Å²) in [7, 11) is 0. The van der Waals surface area contributed by atoms with Crippen molar-refractivity contribution in [2.45, 2.75) is 216 Å². The zero-order valence-corrected chi connectivity index (χ0v) is 34.6. The van der Waals surface area contributed by atoms with E-state index in [-0.39, 0.29) is 26.1 Å². The highest BCUT2D eigenvalue weighted by atomic mass is 16.7. The van der Waals surface area contributed by atoms with Gasteiger partial charge in [0.25, 0.3) is 0 Å². The molecule has 0 saturated carbocycles. The van der Waals surface area contributed by atoms with Crippen LogP contribution in [0.5, 0.6) is 0 Å². The molecule has 7 N–H and O–H groups in total. The van der Waals surface area contributed by atoms with Crippen LogP contribution in [0.4, 0.5) is 0 Å². The average Bonchev–Trinajstić information content (AvgIpc) is 3.20. The third-order valence-electron chi connectivity index (χ3n) is 10.5. The van der Waals surface area contributed by atoms with Gasteiger partial charge in [-0.1, -0.05) is 109 Å². The molecule has 2 aliphatic heterocycles. The SMILES string of the molecule is CCCCCCC/C=C\CCCCCCCC(=O)OC(COC(=O)CCCCCCCCC)COC1OC(COC2OC(CO)C(O)C(O)C2O)C(O)C(O)C1O. The monoisotopic (exact) mass is 821 g/mol. The Bertz CT molecular complexity index is 1060. The number of carbonyl (C=O) groups is 2. The number of allylic oxidation sites excluding steroid dienone is 2. The fourth-order valence-corrected chi connectivity index (χ4v) is 6.80. The Kier molecular flexibility index (Phi) is 28.1. The number of carbonyl (C=O) groups excluding carboxylic acids is 2. The van der Waals surface area contributed by atoms with E-state index in [9.17, 15) is 45.3 Å². The first-order chi connectivity index (χ1) is 27.5. The topological polar surface area (TPSA) is 231 Å². The van der Waals surface area contributed by atoms with Gasteiger partial charge in [0.05, 0.1) is 19.8 Å². The summed E-state index contributed by atoms with van der Waals surface area (Å²) in [5.74, 6) is -0.940. The highest BCUT2D eigenvalue weighted by Crippen LogP contribution is 2.26. The van der Waals surface area contributed by atoms with Crippen molar-refractivity contribution in [3.05, 3.63) is 12.2 Å². The lowest BCUT2D eigenvalue weighted by atomic mass is 9.98. The van der Waals surface area contributed by atoms with Gasteiger partial charge in [0.15, 0.2) is 18.7 Å². The molecule has 334 valence electrons. The zero-order chi connectivity index (χ0) is 41.8. The maximum Gasteiger partial charge on any atom is 0.306 e. The Morgan fingerprint density at radius 2 is 1.00 bits per heavy atom. The van der Waals surface area contributed by atoms with E-state index in [0.717, 1.165) is 64.2 Å². The number of ether oxygens (including phenoxy) is 6. The molecule has 0 spiro atoms. The van der Waals surface area contributed by atoms with Gasteiger partial charge in [-0.3, -0.25) is 9.59 Å². The summed E-state index contributed by atoms with van der Waals surface area (Å²) in [5.41, 5.74) is 0. The maximum atomic E-state index is 12.9. The van der Waals surface area contributed by atoms with Gasteiger partial charge in [-0.05, 0) is 38.5 Å². The molecule has 0 aromatic rings. The molecule has 2 rings (SSSR count). The number of aliphatic hydroxyl groups is 7. The molecule has 15 heteroatoms. The van der Waals surface area contributed by atoms with E-state index < -0.39 is 92.7 Å². The molecule has 0 aliphatic carbocycles. The molecule has 11 atom stereocenters. The van der Waals surface area contributed by atoms with E-state index in [1.807, 2.05) is 0 Å². The minimum atomic E-state index is -1.76. The molecule has 0 amide bonds. The Morgan fingerprint density at radius 1 is 0.544 bits per heavy atom. The Hall–Kier alpha value is -1.76. The lowest BCUT2D eigenvalue weighted by Crippen LogP contribution is -2.61. The lowest BCUT2D eigenvalue weighted by molar-refractivity contribution is -0.332. The molecule has 2 saturated heterocycles. The number of hydrogen-bond donors (Lipinski definition) is 7. The summed E-state index contributed by atoms with van der Waals surface area (Å²) in [5, 5.41) is 71.6. The normalized spacial score (nSPS) is 28.4. The number of esters is 2. The van der Waals surface area contributed by atoms with Crippen molar-refractivity contribution in [1.29, 1.82) is 0 Å². The van der Waals surface area contributed by atoms with Crippen molar-refractivity contribution >= 4 is 11.9 Å². The Morgan fingerprint density at radius 3 is 1.54 bits per heavy atom. The van der Waals surface area contributed by atoms with Gasteiger partial charge in [0.2, 0.25) is 0 Å². The van der Waals surface area contributed by atoms with E-state index >= 15 is 0 Å². The third-order valence-corrected chi connectivity index (χ3v) is 10.5. The van der Waals surface area contributed by atoms with E-state index in [2.05, 4.69) is 26.0 Å². The predicted octanol–water partition coefficient (Wildman–Crippen LogP) is 3.87. The highest BCUT2D eigenvalue weighted by molar-refractivity contribution is 5.70. The van der Waals surface area contributed by atoms with Crippen LogP contribution in [0.2, 0.25) is 0 Å². The largest absolute Gasteiger partial charge is 0.462 e. The van der Waals surface area contributed by atoms with Crippen LogP contribution in [0, 0.1) is 0 Å². The third kappa shape index (κ3) is 20.9. The summed E-state index contributed by atoms with van der Waals surface area (Å²) in [6.07, 6.45) is 8.58. The van der Waals surface area contributed by atoms with Crippen molar-refractivity contribution < 1.29 is 73.8 Å². The molecule has 2 fully saturated rings. The van der Waals surface area contributed by atoms with Gasteiger partial charge < -0.3 is 64.2 Å². The molecule has 57 heavy (non-hydrogen) atoms. The van der Waals surface area contributed by atoms with Gasteiger partial charge in [0.1, 0.15) is 55.4 Å². The van der Waals surface area contributed by atoms with Crippen LogP contribution in [-0.4, -0.2) is 142 Å². The molecule has 0 aromatic carbocycles. The molecular formula is C42H76O15. The van der Waals surface area contributed by atoms with Crippen LogP contribution in [0.3, 0.4) is 0 Å². The van der Waals surface area contributed by atoms with E-state index in [1.54, 1.807) is 0 Å². The second kappa shape index (κ2) is 31.2. The van der Waals surface area contributed by atoms with E-state index in [4.69, 9.17) is 28.4 Å². The lowest BCUT2D eigenvalue weighted by Gasteiger charge is -2.42. The van der Waals surface area contributed by atoms with Gasteiger partial charge in [-0.15, -0.1) is 0 Å². The first kappa shape index (κ1) is 51.4. The van der Waals surface area contributed by atoms with Crippen LogP contribution < -0.4 is 0 Å². The van der Waals surface area contributed by atoms with Crippen molar-refractivity contribution in [2.75, 3.05) is 26.4 Å². The predicted molar refractivity (Wildman–Crippen MR) is 211 cm³/mol. The van der Waals surface area contributed by atoms with Crippen LogP contribution in [0.25, 0.3) is 0 Å². The number of hydrogen-bond acceptors (Lipinski definition) is 15. The molecule has 15 nitrogen and oxygen atoms in total. The number of aliphatic hydroxyl groups excluding tert-OH is 7. The van der Waals surface area contributed by atoms with Crippen molar-refractivity contribution in [1.82, 2.24) is 0 Å². The van der Waals surface area contributed by atoms with Crippen molar-refractivity contribution in [3.8, 4) is 0 Å².